The molecule has 6 nitrogen and oxygen atoms in total. The van der Waals surface area contributed by atoms with E-state index in [4.69, 9.17) is 0 Å². The largest absolute Gasteiger partial charge is 0.348 e. The summed E-state index contributed by atoms with van der Waals surface area (Å²) in [6.45, 7) is 3.10. The Bertz CT molecular complexity index is 805. The predicted octanol–water partition coefficient (Wildman–Crippen LogP) is 2.63. The fourth-order valence-corrected chi connectivity index (χ4v) is 3.02. The molecule has 1 aromatic carbocycles. The normalized spacial score (nSPS) is 14.7. The zero-order valence-corrected chi connectivity index (χ0v) is 15.2. The highest BCUT2D eigenvalue weighted by Crippen LogP contribution is 2.12. The van der Waals surface area contributed by atoms with Gasteiger partial charge in [-0.05, 0) is 49.1 Å². The van der Waals surface area contributed by atoms with Crippen molar-refractivity contribution in [2.24, 2.45) is 0 Å². The Balaban J connectivity index is 1.43. The molecule has 2 aromatic rings. The molecule has 0 saturated carbocycles. The Morgan fingerprint density at radius 3 is 2.67 bits per heavy atom. The lowest BCUT2D eigenvalue weighted by Crippen LogP contribution is -2.49. The van der Waals surface area contributed by atoms with E-state index in [0.29, 0.717) is 37.2 Å². The fraction of sp³-hybridized carbons (Fsp3) is 0.350. The molecule has 2 heterocycles. The molecule has 1 aliphatic rings. The molecule has 2 N–H and O–H groups in total. The van der Waals surface area contributed by atoms with Crippen LogP contribution < -0.4 is 10.6 Å². The van der Waals surface area contributed by atoms with Crippen LogP contribution in [-0.4, -0.2) is 41.0 Å². The van der Waals surface area contributed by atoms with Gasteiger partial charge in [-0.15, -0.1) is 0 Å². The first kappa shape index (κ1) is 18.8. The molecule has 0 atom stereocenters. The van der Waals surface area contributed by atoms with Crippen molar-refractivity contribution in [1.82, 2.24) is 20.5 Å². The number of aromatic nitrogens is 1. The van der Waals surface area contributed by atoms with Crippen molar-refractivity contribution in [3.8, 4) is 0 Å². The van der Waals surface area contributed by atoms with Gasteiger partial charge in [0.2, 0.25) is 0 Å². The molecule has 1 fully saturated rings. The van der Waals surface area contributed by atoms with Crippen molar-refractivity contribution in [2.75, 3.05) is 13.1 Å². The summed E-state index contributed by atoms with van der Waals surface area (Å²) >= 11 is 0. The van der Waals surface area contributed by atoms with E-state index >= 15 is 0 Å². The van der Waals surface area contributed by atoms with Crippen LogP contribution in [-0.2, 0) is 6.54 Å². The van der Waals surface area contributed by atoms with E-state index in [-0.39, 0.29) is 30.3 Å². The van der Waals surface area contributed by atoms with Gasteiger partial charge in [0, 0.05) is 31.9 Å². The lowest BCUT2D eigenvalue weighted by molar-refractivity contribution is 0.0913. The summed E-state index contributed by atoms with van der Waals surface area (Å²) < 4.78 is 13.6. The average Bonchev–Trinajstić information content (AvgIpc) is 2.70. The lowest BCUT2D eigenvalue weighted by atomic mass is 10.1. The molecule has 3 rings (SSSR count). The highest BCUT2D eigenvalue weighted by molar-refractivity contribution is 5.92. The molecule has 1 saturated heterocycles. The number of nitrogens with zero attached hydrogens (tertiary/aromatic N) is 2. The van der Waals surface area contributed by atoms with Crippen LogP contribution in [0.5, 0.6) is 0 Å². The van der Waals surface area contributed by atoms with Crippen LogP contribution >= 0.6 is 0 Å². The first-order chi connectivity index (χ1) is 13.0. The monoisotopic (exact) mass is 370 g/mol. The molecular weight excluding hydrogens is 347 g/mol. The third kappa shape index (κ3) is 5.03. The first-order valence-electron chi connectivity index (χ1n) is 9.02. The second kappa shape index (κ2) is 8.62. The highest BCUT2D eigenvalue weighted by Gasteiger charge is 2.24. The van der Waals surface area contributed by atoms with Crippen LogP contribution in [0.3, 0.4) is 0 Å². The van der Waals surface area contributed by atoms with E-state index in [1.807, 2.05) is 0 Å². The van der Waals surface area contributed by atoms with E-state index in [9.17, 15) is 14.0 Å². The van der Waals surface area contributed by atoms with Crippen molar-refractivity contribution < 1.29 is 14.0 Å². The highest BCUT2D eigenvalue weighted by atomic mass is 19.1. The summed E-state index contributed by atoms with van der Waals surface area (Å²) in [5.41, 5.74) is 1.70. The molecule has 142 valence electrons. The number of hydrogen-bond donors (Lipinski definition) is 2. The zero-order valence-electron chi connectivity index (χ0n) is 15.2. The molecule has 0 aliphatic carbocycles. The Hall–Kier alpha value is -2.96. The molecule has 0 bridgehead atoms. The number of carbonyl (C=O) groups excluding carboxylic acids is 2. The maximum Gasteiger partial charge on any atom is 0.317 e. The van der Waals surface area contributed by atoms with E-state index < -0.39 is 0 Å². The average molecular weight is 370 g/mol. The molecule has 7 heteroatoms. The standard InChI is InChI=1S/C20H23FN4O2/c1-14-5-6-15(12-17(14)21)13-23-20(27)25-10-7-16(8-11-25)24-19(26)18-4-2-3-9-22-18/h2-6,9,12,16H,7-8,10-11,13H2,1H3,(H,23,27)(H,24,26). The minimum atomic E-state index is -0.272. The summed E-state index contributed by atoms with van der Waals surface area (Å²) in [6.07, 6.45) is 2.96. The topological polar surface area (TPSA) is 74.3 Å². The van der Waals surface area contributed by atoms with Gasteiger partial charge in [0.15, 0.2) is 0 Å². The molecule has 0 unspecified atom stereocenters. The molecule has 3 amide bonds. The van der Waals surface area contributed by atoms with E-state index in [2.05, 4.69) is 15.6 Å². The number of amides is 3. The second-order valence-corrected chi connectivity index (χ2v) is 6.69. The molecule has 1 aromatic heterocycles. The number of benzene rings is 1. The Morgan fingerprint density at radius 2 is 2.00 bits per heavy atom. The van der Waals surface area contributed by atoms with Crippen LogP contribution in [0, 0.1) is 12.7 Å². The predicted molar refractivity (Wildman–Crippen MR) is 99.7 cm³/mol. The third-order valence-corrected chi connectivity index (χ3v) is 4.69. The van der Waals surface area contributed by atoms with Crippen LogP contribution in [0.25, 0.3) is 0 Å². The maximum absolute atomic E-state index is 13.6. The van der Waals surface area contributed by atoms with Gasteiger partial charge in [0.05, 0.1) is 0 Å². The minimum absolute atomic E-state index is 0.0229. The first-order valence-corrected chi connectivity index (χ1v) is 9.02. The Morgan fingerprint density at radius 1 is 1.22 bits per heavy atom. The number of urea groups is 1. The number of pyridine rings is 1. The van der Waals surface area contributed by atoms with E-state index in [0.717, 1.165) is 5.56 Å². The van der Waals surface area contributed by atoms with Gasteiger partial charge in [-0.2, -0.15) is 0 Å². The van der Waals surface area contributed by atoms with Gasteiger partial charge >= 0.3 is 6.03 Å². The van der Waals surface area contributed by atoms with Crippen LogP contribution in [0.2, 0.25) is 0 Å². The third-order valence-electron chi connectivity index (χ3n) is 4.69. The van der Waals surface area contributed by atoms with Gasteiger partial charge < -0.3 is 15.5 Å². The van der Waals surface area contributed by atoms with E-state index in [1.54, 1.807) is 48.4 Å². The summed E-state index contributed by atoms with van der Waals surface area (Å²) in [5, 5.41) is 5.78. The van der Waals surface area contributed by atoms with Gasteiger partial charge in [-0.25, -0.2) is 9.18 Å². The number of halogens is 1. The Labute approximate surface area is 157 Å². The summed E-state index contributed by atoms with van der Waals surface area (Å²) in [5.74, 6) is -0.467. The number of likely N-dealkylation sites (tertiary alicyclic amines) is 1. The number of carbonyl (C=O) groups is 2. The van der Waals surface area contributed by atoms with Gasteiger partial charge in [0.25, 0.3) is 5.91 Å². The summed E-state index contributed by atoms with van der Waals surface area (Å²) in [4.78, 5) is 30.2. The smallest absolute Gasteiger partial charge is 0.317 e. The SMILES string of the molecule is Cc1ccc(CNC(=O)N2CCC(NC(=O)c3ccccn3)CC2)cc1F. The van der Waals surface area contributed by atoms with Gasteiger partial charge in [0.1, 0.15) is 11.5 Å². The Kier molecular flexibility index (Phi) is 6.01. The number of nitrogens with one attached hydrogen (secondary N) is 2. The number of hydrogen-bond acceptors (Lipinski definition) is 3. The number of piperidine rings is 1. The molecule has 0 radical (unpaired) electrons. The van der Waals surface area contributed by atoms with Crippen molar-refractivity contribution in [2.45, 2.75) is 32.4 Å². The molecular formula is C20H23FN4O2. The second-order valence-electron chi connectivity index (χ2n) is 6.69. The van der Waals surface area contributed by atoms with Crippen molar-refractivity contribution >= 4 is 11.9 Å². The van der Waals surface area contributed by atoms with Crippen LogP contribution in [0.4, 0.5) is 9.18 Å². The zero-order chi connectivity index (χ0) is 19.2. The quantitative estimate of drug-likeness (QED) is 0.869. The molecule has 1 aliphatic heterocycles. The maximum atomic E-state index is 13.6. The van der Waals surface area contributed by atoms with Crippen molar-refractivity contribution in [1.29, 1.82) is 0 Å². The molecule has 27 heavy (non-hydrogen) atoms. The minimum Gasteiger partial charge on any atom is -0.348 e. The number of aryl methyl sites for hydroxylation is 1. The summed E-state index contributed by atoms with van der Waals surface area (Å²) in [6, 6.07) is 10.00. The van der Waals surface area contributed by atoms with Crippen LogP contribution in [0.1, 0.15) is 34.5 Å². The van der Waals surface area contributed by atoms with Crippen molar-refractivity contribution in [3.63, 3.8) is 0 Å². The summed E-state index contributed by atoms with van der Waals surface area (Å²) in [7, 11) is 0. The van der Waals surface area contributed by atoms with E-state index in [1.165, 1.54) is 6.07 Å². The van der Waals surface area contributed by atoms with Gasteiger partial charge in [-0.3, -0.25) is 9.78 Å². The number of rotatable bonds is 4. The lowest BCUT2D eigenvalue weighted by Gasteiger charge is -2.32. The fourth-order valence-electron chi connectivity index (χ4n) is 3.02. The molecule has 0 spiro atoms. The van der Waals surface area contributed by atoms with Crippen molar-refractivity contribution in [3.05, 3.63) is 65.2 Å². The van der Waals surface area contributed by atoms with Gasteiger partial charge in [-0.1, -0.05) is 18.2 Å². The van der Waals surface area contributed by atoms with Crippen LogP contribution in [0.15, 0.2) is 42.6 Å².